The number of hydrogen-bond donors (Lipinski definition) is 0. The van der Waals surface area contributed by atoms with Gasteiger partial charge in [0.05, 0.1) is 18.3 Å². The van der Waals surface area contributed by atoms with Crippen molar-refractivity contribution in [2.24, 2.45) is 5.92 Å². The number of likely N-dealkylation sites (tertiary alicyclic amines) is 1. The summed E-state index contributed by atoms with van der Waals surface area (Å²) >= 11 is 0. The molecule has 0 unspecified atom stereocenters. The van der Waals surface area contributed by atoms with Crippen LogP contribution in [0.25, 0.3) is 0 Å². The molecule has 0 bridgehead atoms. The maximum absolute atomic E-state index is 12.7. The Bertz CT molecular complexity index is 499. The summed E-state index contributed by atoms with van der Waals surface area (Å²) in [5.41, 5.74) is 1.21. The average molecular weight is 333 g/mol. The molecule has 0 aromatic rings. The van der Waals surface area contributed by atoms with Gasteiger partial charge in [-0.05, 0) is 57.3 Å². The van der Waals surface area contributed by atoms with Crippen molar-refractivity contribution < 1.29 is 14.3 Å². The molecule has 2 saturated heterocycles. The minimum Gasteiger partial charge on any atom is -0.375 e. The van der Waals surface area contributed by atoms with Gasteiger partial charge in [-0.2, -0.15) is 0 Å². The first kappa shape index (κ1) is 16.6. The first-order chi connectivity index (χ1) is 11.7. The second-order valence-electron chi connectivity index (χ2n) is 8.30. The van der Waals surface area contributed by atoms with E-state index in [1.54, 1.807) is 0 Å². The van der Waals surface area contributed by atoms with Gasteiger partial charge < -0.3 is 14.4 Å². The number of hydrogen-bond acceptors (Lipinski definition) is 3. The average Bonchev–Trinajstić information content (AvgIpc) is 3.36. The van der Waals surface area contributed by atoms with Gasteiger partial charge in [-0.25, -0.2) is 0 Å². The molecule has 4 aliphatic rings. The van der Waals surface area contributed by atoms with Crippen LogP contribution < -0.4 is 0 Å². The van der Waals surface area contributed by atoms with Crippen LogP contribution in [0.15, 0.2) is 11.6 Å². The van der Waals surface area contributed by atoms with Gasteiger partial charge in [-0.3, -0.25) is 4.79 Å². The van der Waals surface area contributed by atoms with E-state index in [1.165, 1.54) is 31.3 Å². The molecule has 0 radical (unpaired) electrons. The van der Waals surface area contributed by atoms with Gasteiger partial charge in [0.25, 0.3) is 0 Å². The Kier molecular flexibility index (Phi) is 4.95. The predicted octanol–water partition coefficient (Wildman–Crippen LogP) is 3.45. The number of carbonyl (C=O) groups is 1. The summed E-state index contributed by atoms with van der Waals surface area (Å²) in [6, 6.07) is 0. The summed E-state index contributed by atoms with van der Waals surface area (Å²) < 4.78 is 12.2. The predicted molar refractivity (Wildman–Crippen MR) is 92.7 cm³/mol. The van der Waals surface area contributed by atoms with E-state index >= 15 is 0 Å². The molecule has 2 atom stereocenters. The van der Waals surface area contributed by atoms with Gasteiger partial charge in [0.1, 0.15) is 0 Å². The number of amides is 1. The molecule has 1 amide bonds. The SMILES string of the molecule is O=C(CC1=CCCCC1)N1CCC[C@@]2(C[C@H](OCC3CC3)CO2)C1. The van der Waals surface area contributed by atoms with Crippen molar-refractivity contribution in [1.82, 2.24) is 4.90 Å². The van der Waals surface area contributed by atoms with E-state index < -0.39 is 0 Å². The summed E-state index contributed by atoms with van der Waals surface area (Å²) in [4.78, 5) is 14.8. The van der Waals surface area contributed by atoms with Crippen molar-refractivity contribution in [3.63, 3.8) is 0 Å². The first-order valence-corrected chi connectivity index (χ1v) is 9.94. The zero-order valence-electron chi connectivity index (χ0n) is 14.8. The second kappa shape index (κ2) is 7.17. The monoisotopic (exact) mass is 333 g/mol. The molecular weight excluding hydrogens is 302 g/mol. The van der Waals surface area contributed by atoms with Crippen molar-refractivity contribution in [2.45, 2.75) is 75.9 Å². The van der Waals surface area contributed by atoms with E-state index in [-0.39, 0.29) is 11.7 Å². The van der Waals surface area contributed by atoms with Gasteiger partial charge >= 0.3 is 0 Å². The van der Waals surface area contributed by atoms with Gasteiger partial charge in [0.2, 0.25) is 5.91 Å². The minimum absolute atomic E-state index is 0.136. The zero-order valence-corrected chi connectivity index (χ0v) is 14.8. The molecule has 4 rings (SSSR count). The molecule has 3 fully saturated rings. The Morgan fingerprint density at radius 1 is 1.33 bits per heavy atom. The third-order valence-electron chi connectivity index (χ3n) is 6.10. The smallest absolute Gasteiger partial charge is 0.226 e. The third kappa shape index (κ3) is 4.02. The molecule has 24 heavy (non-hydrogen) atoms. The lowest BCUT2D eigenvalue weighted by atomic mass is 9.88. The van der Waals surface area contributed by atoms with Crippen LogP contribution in [0, 0.1) is 5.92 Å². The number of ether oxygens (including phenoxy) is 2. The largest absolute Gasteiger partial charge is 0.375 e. The molecule has 1 spiro atoms. The van der Waals surface area contributed by atoms with Crippen LogP contribution in [0.5, 0.6) is 0 Å². The molecule has 2 aliphatic heterocycles. The Morgan fingerprint density at radius 3 is 3.04 bits per heavy atom. The van der Waals surface area contributed by atoms with Gasteiger partial charge in [0.15, 0.2) is 0 Å². The Labute approximate surface area is 145 Å². The van der Waals surface area contributed by atoms with Crippen LogP contribution >= 0.6 is 0 Å². The molecule has 0 aromatic carbocycles. The van der Waals surface area contributed by atoms with Crippen molar-refractivity contribution in [3.8, 4) is 0 Å². The minimum atomic E-state index is -0.136. The molecule has 1 saturated carbocycles. The van der Waals surface area contributed by atoms with Crippen LogP contribution in [-0.4, -0.2) is 48.8 Å². The maximum Gasteiger partial charge on any atom is 0.226 e. The molecule has 4 heteroatoms. The van der Waals surface area contributed by atoms with Crippen molar-refractivity contribution >= 4 is 5.91 Å². The highest BCUT2D eigenvalue weighted by atomic mass is 16.6. The van der Waals surface area contributed by atoms with Crippen molar-refractivity contribution in [1.29, 1.82) is 0 Å². The number of allylic oxidation sites excluding steroid dienone is 1. The summed E-state index contributed by atoms with van der Waals surface area (Å²) in [5.74, 6) is 1.10. The lowest BCUT2D eigenvalue weighted by Gasteiger charge is -2.40. The Morgan fingerprint density at radius 2 is 2.25 bits per heavy atom. The summed E-state index contributed by atoms with van der Waals surface area (Å²) in [5, 5.41) is 0. The number of rotatable bonds is 5. The standard InChI is InChI=1S/C20H31NO3/c22-19(11-16-5-2-1-3-6-16)21-10-4-9-20(15-21)12-18(14-24-20)23-13-17-7-8-17/h5,17-18H,1-4,6-15H2/t18-,20+/m0/s1. The van der Waals surface area contributed by atoms with Gasteiger partial charge in [-0.15, -0.1) is 0 Å². The topological polar surface area (TPSA) is 38.8 Å². The van der Waals surface area contributed by atoms with E-state index in [9.17, 15) is 4.79 Å². The molecule has 4 nitrogen and oxygen atoms in total. The highest BCUT2D eigenvalue weighted by Gasteiger charge is 2.45. The van der Waals surface area contributed by atoms with Crippen molar-refractivity contribution in [2.75, 3.05) is 26.3 Å². The van der Waals surface area contributed by atoms with Crippen LogP contribution in [0.3, 0.4) is 0 Å². The van der Waals surface area contributed by atoms with E-state index in [0.717, 1.165) is 57.7 Å². The molecule has 0 N–H and O–H groups in total. The highest BCUT2D eigenvalue weighted by molar-refractivity contribution is 5.79. The Balaban J connectivity index is 1.29. The van der Waals surface area contributed by atoms with E-state index in [1.807, 2.05) is 0 Å². The van der Waals surface area contributed by atoms with Gasteiger partial charge in [0, 0.05) is 32.5 Å². The Hall–Kier alpha value is -0.870. The lowest BCUT2D eigenvalue weighted by Crippen LogP contribution is -2.50. The maximum atomic E-state index is 12.7. The lowest BCUT2D eigenvalue weighted by molar-refractivity contribution is -0.138. The molecule has 0 aromatic heterocycles. The van der Waals surface area contributed by atoms with Gasteiger partial charge in [-0.1, -0.05) is 11.6 Å². The zero-order chi connectivity index (χ0) is 16.4. The fourth-order valence-corrected chi connectivity index (χ4v) is 4.43. The molecule has 134 valence electrons. The normalized spacial score (nSPS) is 33.8. The quantitative estimate of drug-likeness (QED) is 0.723. The van der Waals surface area contributed by atoms with Crippen LogP contribution in [0.2, 0.25) is 0 Å². The van der Waals surface area contributed by atoms with E-state index in [4.69, 9.17) is 9.47 Å². The number of piperidine rings is 1. The summed E-state index contributed by atoms with van der Waals surface area (Å²) in [6.07, 6.45) is 13.7. The fraction of sp³-hybridized carbons (Fsp3) is 0.850. The summed E-state index contributed by atoms with van der Waals surface area (Å²) in [7, 11) is 0. The summed E-state index contributed by atoms with van der Waals surface area (Å²) in [6.45, 7) is 3.27. The van der Waals surface area contributed by atoms with Crippen LogP contribution in [-0.2, 0) is 14.3 Å². The second-order valence-corrected chi connectivity index (χ2v) is 8.30. The third-order valence-corrected chi connectivity index (χ3v) is 6.10. The van der Waals surface area contributed by atoms with E-state index in [0.29, 0.717) is 18.9 Å². The molecule has 2 aliphatic carbocycles. The van der Waals surface area contributed by atoms with E-state index in [2.05, 4.69) is 11.0 Å². The van der Waals surface area contributed by atoms with Crippen LogP contribution in [0.4, 0.5) is 0 Å². The molecular formula is C20H31NO3. The number of nitrogens with zero attached hydrogens (tertiary/aromatic N) is 1. The molecule has 2 heterocycles. The highest BCUT2D eigenvalue weighted by Crippen LogP contribution is 2.37. The van der Waals surface area contributed by atoms with Crippen molar-refractivity contribution in [3.05, 3.63) is 11.6 Å². The number of carbonyl (C=O) groups excluding carboxylic acids is 1. The first-order valence-electron chi connectivity index (χ1n) is 9.94. The fourth-order valence-electron chi connectivity index (χ4n) is 4.43. The van der Waals surface area contributed by atoms with Crippen LogP contribution in [0.1, 0.15) is 64.2 Å².